The van der Waals surface area contributed by atoms with Gasteiger partial charge in [0.15, 0.2) is 5.25 Å². The SMILES string of the molecule is CCC(C#N)S(=O)(=O)Nc1cc(F)cc(S(N)(=O)=O)c1. The highest BCUT2D eigenvalue weighted by Gasteiger charge is 2.24. The summed E-state index contributed by atoms with van der Waals surface area (Å²) in [5.74, 6) is -0.973. The van der Waals surface area contributed by atoms with E-state index >= 15 is 0 Å². The Labute approximate surface area is 116 Å². The van der Waals surface area contributed by atoms with Crippen molar-refractivity contribution in [2.75, 3.05) is 4.72 Å². The quantitative estimate of drug-likeness (QED) is 0.816. The molecule has 0 amide bonds. The maximum atomic E-state index is 13.3. The summed E-state index contributed by atoms with van der Waals surface area (Å²) >= 11 is 0. The van der Waals surface area contributed by atoms with E-state index in [-0.39, 0.29) is 12.1 Å². The lowest BCUT2D eigenvalue weighted by Gasteiger charge is -2.12. The third-order valence-electron chi connectivity index (χ3n) is 2.35. The standard InChI is InChI=1S/C10H12FN3O4S2/c1-2-9(6-12)20(17,18)14-8-3-7(11)4-10(5-8)19(13,15)16/h3-5,9,14H,2H2,1H3,(H2,13,15,16). The van der Waals surface area contributed by atoms with E-state index in [0.29, 0.717) is 6.07 Å². The average molecular weight is 321 g/mol. The van der Waals surface area contributed by atoms with Crippen LogP contribution in [0.2, 0.25) is 0 Å². The maximum Gasteiger partial charge on any atom is 0.249 e. The molecule has 0 aliphatic carbocycles. The molecule has 0 radical (unpaired) electrons. The molecule has 1 atom stereocenters. The third-order valence-corrected chi connectivity index (χ3v) is 4.95. The van der Waals surface area contributed by atoms with Crippen LogP contribution < -0.4 is 9.86 Å². The first kappa shape index (κ1) is 16.4. The van der Waals surface area contributed by atoms with Crippen LogP contribution in [-0.2, 0) is 20.0 Å². The molecule has 0 aromatic heterocycles. The number of nitrogens with two attached hydrogens (primary N) is 1. The monoisotopic (exact) mass is 321 g/mol. The van der Waals surface area contributed by atoms with Crippen LogP contribution in [0, 0.1) is 17.1 Å². The second-order valence-corrected chi connectivity index (χ2v) is 7.32. The first-order valence-electron chi connectivity index (χ1n) is 5.34. The van der Waals surface area contributed by atoms with E-state index in [0.717, 1.165) is 12.1 Å². The summed E-state index contributed by atoms with van der Waals surface area (Å²) in [5.41, 5.74) is -0.317. The van der Waals surface area contributed by atoms with Gasteiger partial charge in [0.2, 0.25) is 20.0 Å². The Kier molecular flexibility index (Phi) is 4.69. The van der Waals surface area contributed by atoms with Crippen molar-refractivity contribution < 1.29 is 21.2 Å². The van der Waals surface area contributed by atoms with Gasteiger partial charge >= 0.3 is 0 Å². The molecule has 0 aliphatic rings. The maximum absolute atomic E-state index is 13.3. The van der Waals surface area contributed by atoms with E-state index in [9.17, 15) is 21.2 Å². The van der Waals surface area contributed by atoms with Crippen LogP contribution in [0.15, 0.2) is 23.1 Å². The number of hydrogen-bond acceptors (Lipinski definition) is 5. The lowest BCUT2D eigenvalue weighted by Crippen LogP contribution is -2.26. The summed E-state index contributed by atoms with van der Waals surface area (Å²) in [4.78, 5) is -0.569. The molecule has 0 fully saturated rings. The van der Waals surface area contributed by atoms with Gasteiger partial charge in [-0.1, -0.05) is 6.92 Å². The van der Waals surface area contributed by atoms with Gasteiger partial charge in [-0.2, -0.15) is 5.26 Å². The molecule has 1 rings (SSSR count). The summed E-state index contributed by atoms with van der Waals surface area (Å²) < 4.78 is 61.1. The molecule has 110 valence electrons. The Balaban J connectivity index is 3.24. The Morgan fingerprint density at radius 2 is 1.95 bits per heavy atom. The molecule has 10 heteroatoms. The average Bonchev–Trinajstić information content (AvgIpc) is 2.27. The van der Waals surface area contributed by atoms with Gasteiger partial charge in [-0.15, -0.1) is 0 Å². The van der Waals surface area contributed by atoms with E-state index in [1.807, 2.05) is 4.72 Å². The molecule has 0 aliphatic heterocycles. The number of nitrogens with one attached hydrogen (secondary N) is 1. The molecule has 0 spiro atoms. The Morgan fingerprint density at radius 1 is 1.35 bits per heavy atom. The lowest BCUT2D eigenvalue weighted by atomic mass is 10.3. The van der Waals surface area contributed by atoms with Crippen molar-refractivity contribution in [3.63, 3.8) is 0 Å². The predicted molar refractivity (Wildman–Crippen MR) is 70.0 cm³/mol. The molecule has 0 saturated carbocycles. The zero-order valence-electron chi connectivity index (χ0n) is 10.4. The highest BCUT2D eigenvalue weighted by molar-refractivity contribution is 7.93. The van der Waals surface area contributed by atoms with E-state index in [2.05, 4.69) is 0 Å². The molecule has 0 heterocycles. The largest absolute Gasteiger partial charge is 0.282 e. The molecule has 0 bridgehead atoms. The zero-order valence-corrected chi connectivity index (χ0v) is 12.0. The first-order valence-corrected chi connectivity index (χ1v) is 8.44. The first-order chi connectivity index (χ1) is 9.10. The van der Waals surface area contributed by atoms with E-state index in [4.69, 9.17) is 10.4 Å². The number of primary sulfonamides is 1. The minimum absolute atomic E-state index is 0.0309. The van der Waals surface area contributed by atoms with Crippen LogP contribution in [0.1, 0.15) is 13.3 Å². The molecule has 1 aromatic carbocycles. The molecule has 1 aromatic rings. The summed E-state index contributed by atoms with van der Waals surface area (Å²) in [5, 5.41) is 12.2. The summed E-state index contributed by atoms with van der Waals surface area (Å²) in [6, 6.07) is 3.91. The highest BCUT2D eigenvalue weighted by Crippen LogP contribution is 2.19. The minimum atomic E-state index is -4.17. The number of nitriles is 1. The number of benzene rings is 1. The van der Waals surface area contributed by atoms with Crippen LogP contribution in [0.4, 0.5) is 10.1 Å². The number of anilines is 1. The van der Waals surface area contributed by atoms with Crippen molar-refractivity contribution in [3.05, 3.63) is 24.0 Å². The number of halogens is 1. The number of hydrogen-bond donors (Lipinski definition) is 2. The summed E-state index contributed by atoms with van der Waals surface area (Å²) in [6.45, 7) is 1.49. The third kappa shape index (κ3) is 3.89. The van der Waals surface area contributed by atoms with Crippen LogP contribution >= 0.6 is 0 Å². The number of rotatable bonds is 5. The van der Waals surface area contributed by atoms with Crippen LogP contribution in [0.5, 0.6) is 0 Å². The van der Waals surface area contributed by atoms with Gasteiger partial charge in [0, 0.05) is 0 Å². The van der Waals surface area contributed by atoms with Crippen LogP contribution in [0.25, 0.3) is 0 Å². The van der Waals surface area contributed by atoms with E-state index in [1.54, 1.807) is 6.07 Å². The van der Waals surface area contributed by atoms with Crippen molar-refractivity contribution in [2.45, 2.75) is 23.5 Å². The van der Waals surface area contributed by atoms with Gasteiger partial charge in [-0.05, 0) is 24.6 Å². The van der Waals surface area contributed by atoms with Crippen molar-refractivity contribution in [1.29, 1.82) is 5.26 Å². The number of sulfonamides is 2. The Morgan fingerprint density at radius 3 is 2.40 bits per heavy atom. The summed E-state index contributed by atoms with van der Waals surface area (Å²) in [6.07, 6.45) is 0.0309. The molecule has 7 nitrogen and oxygen atoms in total. The number of nitrogens with zero attached hydrogens (tertiary/aromatic N) is 1. The van der Waals surface area contributed by atoms with Crippen LogP contribution in [-0.4, -0.2) is 22.1 Å². The fourth-order valence-corrected chi connectivity index (χ4v) is 3.14. The van der Waals surface area contributed by atoms with Crippen molar-refractivity contribution in [3.8, 4) is 6.07 Å². The molecule has 1 unspecified atom stereocenters. The van der Waals surface area contributed by atoms with Gasteiger partial charge in [-0.25, -0.2) is 26.4 Å². The second-order valence-electron chi connectivity index (χ2n) is 3.89. The molecule has 20 heavy (non-hydrogen) atoms. The van der Waals surface area contributed by atoms with Gasteiger partial charge in [0.25, 0.3) is 0 Å². The van der Waals surface area contributed by atoms with Crippen molar-refractivity contribution >= 4 is 25.7 Å². The second kappa shape index (κ2) is 5.74. The predicted octanol–water partition coefficient (Wildman–Crippen LogP) is 0.517. The highest BCUT2D eigenvalue weighted by atomic mass is 32.2. The Bertz CT molecular complexity index is 753. The van der Waals surface area contributed by atoms with Crippen molar-refractivity contribution in [2.24, 2.45) is 5.14 Å². The van der Waals surface area contributed by atoms with Gasteiger partial charge < -0.3 is 0 Å². The fourth-order valence-electron chi connectivity index (χ4n) is 1.40. The topological polar surface area (TPSA) is 130 Å². The fraction of sp³-hybridized carbons (Fsp3) is 0.300. The van der Waals surface area contributed by atoms with Gasteiger partial charge in [-0.3, -0.25) is 4.72 Å². The molecule has 3 N–H and O–H groups in total. The van der Waals surface area contributed by atoms with Gasteiger partial charge in [0.1, 0.15) is 5.82 Å². The van der Waals surface area contributed by atoms with E-state index < -0.39 is 36.0 Å². The van der Waals surface area contributed by atoms with Crippen LogP contribution in [0.3, 0.4) is 0 Å². The normalized spacial score (nSPS) is 13.5. The summed E-state index contributed by atoms with van der Waals surface area (Å²) in [7, 11) is -8.24. The molecular formula is C10H12FN3O4S2. The minimum Gasteiger partial charge on any atom is -0.282 e. The van der Waals surface area contributed by atoms with Gasteiger partial charge in [0.05, 0.1) is 16.7 Å². The molecule has 0 saturated heterocycles. The smallest absolute Gasteiger partial charge is 0.249 e. The Hall–Kier alpha value is -1.70. The molecular weight excluding hydrogens is 309 g/mol. The lowest BCUT2D eigenvalue weighted by molar-refractivity contribution is 0.589. The zero-order chi connectivity index (χ0) is 15.6. The van der Waals surface area contributed by atoms with E-state index in [1.165, 1.54) is 6.92 Å². The van der Waals surface area contributed by atoms with Crippen molar-refractivity contribution in [1.82, 2.24) is 0 Å².